The molecule has 0 aliphatic carbocycles. The quantitative estimate of drug-likeness (QED) is 0.858. The fourth-order valence-corrected chi connectivity index (χ4v) is 4.81. The maximum Gasteiger partial charge on any atom is 0.158 e. The van der Waals surface area contributed by atoms with E-state index < -0.39 is 15.1 Å². The Kier molecular flexibility index (Phi) is 2.94. The van der Waals surface area contributed by atoms with Crippen LogP contribution in [0.2, 0.25) is 0 Å². The molecular formula is C12H18N2O3S. The number of nitrogens with zero attached hydrogens (tertiary/aromatic N) is 2. The van der Waals surface area contributed by atoms with Crippen LogP contribution in [0.5, 0.6) is 0 Å². The summed E-state index contributed by atoms with van der Waals surface area (Å²) in [6.07, 6.45) is 5.03. The van der Waals surface area contributed by atoms with E-state index in [-0.39, 0.29) is 12.5 Å². The number of hydrogen-bond acceptors (Lipinski definition) is 4. The van der Waals surface area contributed by atoms with Crippen molar-refractivity contribution in [2.45, 2.75) is 37.5 Å². The van der Waals surface area contributed by atoms with Gasteiger partial charge >= 0.3 is 0 Å². The number of hydrogen-bond donors (Lipinski definition) is 1. The number of sulfone groups is 1. The number of aliphatic hydroxyl groups is 1. The molecule has 0 amide bonds. The van der Waals surface area contributed by atoms with E-state index >= 15 is 0 Å². The summed E-state index contributed by atoms with van der Waals surface area (Å²) in [7, 11) is -2.98. The van der Waals surface area contributed by atoms with Crippen LogP contribution in [0, 0.1) is 5.92 Å². The molecule has 100 valence electrons. The van der Waals surface area contributed by atoms with E-state index in [9.17, 15) is 13.5 Å². The molecular weight excluding hydrogens is 252 g/mol. The number of aliphatic hydroxyl groups excluding tert-OH is 1. The molecule has 1 fully saturated rings. The third-order valence-electron chi connectivity index (χ3n) is 4.04. The third kappa shape index (κ3) is 1.97. The fraction of sp³-hybridized carbons (Fsp3) is 0.750. The molecule has 3 rings (SSSR count). The second kappa shape index (κ2) is 4.35. The summed E-state index contributed by atoms with van der Waals surface area (Å²) in [6.45, 7) is 1.02. The summed E-state index contributed by atoms with van der Waals surface area (Å²) in [6, 6.07) is 0. The van der Waals surface area contributed by atoms with Crippen molar-refractivity contribution < 1.29 is 13.5 Å². The highest BCUT2D eigenvalue weighted by atomic mass is 32.2. The molecule has 1 N–H and O–H groups in total. The first-order valence-corrected chi connectivity index (χ1v) is 8.20. The van der Waals surface area contributed by atoms with Gasteiger partial charge in [-0.2, -0.15) is 0 Å². The molecule has 2 aliphatic heterocycles. The summed E-state index contributed by atoms with van der Waals surface area (Å²) in [5.41, 5.74) is 0.709. The number of aromatic nitrogens is 2. The molecule has 0 bridgehead atoms. The number of imidazole rings is 1. The third-order valence-corrected chi connectivity index (χ3v) is 6.25. The Balaban J connectivity index is 1.90. The monoisotopic (exact) mass is 270 g/mol. The maximum atomic E-state index is 11.9. The minimum absolute atomic E-state index is 0.184. The van der Waals surface area contributed by atoms with Gasteiger partial charge in [-0.1, -0.05) is 0 Å². The molecule has 1 aromatic heterocycles. The van der Waals surface area contributed by atoms with Crippen molar-refractivity contribution in [3.8, 4) is 0 Å². The van der Waals surface area contributed by atoms with Crippen molar-refractivity contribution >= 4 is 9.84 Å². The van der Waals surface area contributed by atoms with Crippen LogP contribution >= 0.6 is 0 Å². The molecule has 0 radical (unpaired) electrons. The lowest BCUT2D eigenvalue weighted by atomic mass is 9.99. The smallest absolute Gasteiger partial charge is 0.158 e. The van der Waals surface area contributed by atoms with Crippen LogP contribution in [-0.2, 0) is 22.8 Å². The minimum atomic E-state index is -2.98. The van der Waals surface area contributed by atoms with E-state index in [1.54, 1.807) is 0 Å². The molecule has 0 aromatic carbocycles. The van der Waals surface area contributed by atoms with E-state index in [0.717, 1.165) is 31.6 Å². The van der Waals surface area contributed by atoms with Crippen molar-refractivity contribution in [2.24, 2.45) is 5.92 Å². The summed E-state index contributed by atoms with van der Waals surface area (Å²) in [5, 5.41) is 8.79. The highest BCUT2D eigenvalue weighted by molar-refractivity contribution is 7.91. The van der Waals surface area contributed by atoms with E-state index in [0.29, 0.717) is 17.9 Å². The van der Waals surface area contributed by atoms with Crippen molar-refractivity contribution in [1.29, 1.82) is 0 Å². The Morgan fingerprint density at radius 2 is 2.28 bits per heavy atom. The van der Waals surface area contributed by atoms with E-state index in [1.807, 2.05) is 6.20 Å². The van der Waals surface area contributed by atoms with E-state index in [2.05, 4.69) is 9.55 Å². The average molecular weight is 270 g/mol. The second-order valence-electron chi connectivity index (χ2n) is 5.31. The Morgan fingerprint density at radius 3 is 2.94 bits per heavy atom. The molecule has 3 heterocycles. The van der Waals surface area contributed by atoms with Gasteiger partial charge in [-0.3, -0.25) is 0 Å². The van der Waals surface area contributed by atoms with Crippen LogP contribution in [-0.4, -0.2) is 35.4 Å². The van der Waals surface area contributed by atoms with Crippen LogP contribution in [0.1, 0.15) is 36.0 Å². The van der Waals surface area contributed by atoms with Crippen LogP contribution in [0.3, 0.4) is 0 Å². The van der Waals surface area contributed by atoms with Crippen molar-refractivity contribution in [3.63, 3.8) is 0 Å². The van der Waals surface area contributed by atoms with Gasteiger partial charge in [0, 0.05) is 25.8 Å². The Labute approximate surface area is 107 Å². The van der Waals surface area contributed by atoms with Gasteiger partial charge in [0.2, 0.25) is 0 Å². The SMILES string of the molecule is O=S1(=O)CCCC1c1cn2c(n1)CC(CO)CC2. The largest absolute Gasteiger partial charge is 0.396 e. The first-order chi connectivity index (χ1) is 8.60. The predicted molar refractivity (Wildman–Crippen MR) is 66.9 cm³/mol. The standard InChI is InChI=1S/C12H18N2O3S/c15-8-9-3-4-14-7-10(13-12(14)6-9)11-2-1-5-18(11,16)17/h7,9,11,15H,1-6,8H2. The fourth-order valence-electron chi connectivity index (χ4n) is 2.95. The van der Waals surface area contributed by atoms with Gasteiger partial charge in [0.15, 0.2) is 9.84 Å². The zero-order chi connectivity index (χ0) is 12.8. The van der Waals surface area contributed by atoms with Gasteiger partial charge in [-0.15, -0.1) is 0 Å². The Hall–Kier alpha value is -0.880. The zero-order valence-electron chi connectivity index (χ0n) is 10.2. The first kappa shape index (κ1) is 12.2. The summed E-state index contributed by atoms with van der Waals surface area (Å²) in [5.74, 6) is 1.49. The second-order valence-corrected chi connectivity index (χ2v) is 7.62. The highest BCUT2D eigenvalue weighted by Crippen LogP contribution is 2.34. The van der Waals surface area contributed by atoms with Crippen LogP contribution in [0.15, 0.2) is 6.20 Å². The van der Waals surface area contributed by atoms with Gasteiger partial charge in [-0.05, 0) is 25.2 Å². The van der Waals surface area contributed by atoms with Crippen molar-refractivity contribution in [2.75, 3.05) is 12.4 Å². The van der Waals surface area contributed by atoms with Gasteiger partial charge in [0.25, 0.3) is 0 Å². The molecule has 2 unspecified atom stereocenters. The molecule has 1 saturated heterocycles. The predicted octanol–water partition coefficient (Wildman–Crippen LogP) is 0.687. The lowest BCUT2D eigenvalue weighted by Gasteiger charge is -2.20. The van der Waals surface area contributed by atoms with Crippen molar-refractivity contribution in [1.82, 2.24) is 9.55 Å². The van der Waals surface area contributed by atoms with E-state index in [1.165, 1.54) is 0 Å². The number of fused-ring (bicyclic) bond motifs is 1. The zero-order valence-corrected chi connectivity index (χ0v) is 11.1. The Bertz CT molecular complexity index is 550. The van der Waals surface area contributed by atoms with Gasteiger partial charge in [0.05, 0.1) is 11.4 Å². The molecule has 2 atom stereocenters. The topological polar surface area (TPSA) is 72.2 Å². The molecule has 6 heteroatoms. The highest BCUT2D eigenvalue weighted by Gasteiger charge is 2.35. The van der Waals surface area contributed by atoms with Gasteiger partial charge in [0.1, 0.15) is 11.1 Å². The van der Waals surface area contributed by atoms with E-state index in [4.69, 9.17) is 0 Å². The lowest BCUT2D eigenvalue weighted by Crippen LogP contribution is -2.21. The minimum Gasteiger partial charge on any atom is -0.396 e. The van der Waals surface area contributed by atoms with Crippen LogP contribution in [0.4, 0.5) is 0 Å². The first-order valence-electron chi connectivity index (χ1n) is 6.48. The summed E-state index contributed by atoms with van der Waals surface area (Å²) in [4.78, 5) is 4.50. The summed E-state index contributed by atoms with van der Waals surface area (Å²) < 4.78 is 25.9. The average Bonchev–Trinajstić information content (AvgIpc) is 2.90. The maximum absolute atomic E-state index is 11.9. The summed E-state index contributed by atoms with van der Waals surface area (Å²) >= 11 is 0. The number of rotatable bonds is 2. The Morgan fingerprint density at radius 1 is 1.44 bits per heavy atom. The molecule has 1 aromatic rings. The van der Waals surface area contributed by atoms with Gasteiger partial charge in [-0.25, -0.2) is 13.4 Å². The van der Waals surface area contributed by atoms with Crippen LogP contribution in [0.25, 0.3) is 0 Å². The normalized spacial score (nSPS) is 30.3. The molecule has 18 heavy (non-hydrogen) atoms. The van der Waals surface area contributed by atoms with Gasteiger partial charge < -0.3 is 9.67 Å². The molecule has 0 spiro atoms. The molecule has 0 saturated carbocycles. The van der Waals surface area contributed by atoms with Crippen molar-refractivity contribution in [3.05, 3.63) is 17.7 Å². The number of aryl methyl sites for hydroxylation is 1. The molecule has 2 aliphatic rings. The lowest BCUT2D eigenvalue weighted by molar-refractivity contribution is 0.199. The van der Waals surface area contributed by atoms with Crippen LogP contribution < -0.4 is 0 Å². The molecule has 5 nitrogen and oxygen atoms in total.